The van der Waals surface area contributed by atoms with Crippen LogP contribution < -0.4 is 0 Å². The third-order valence-corrected chi connectivity index (χ3v) is 1.75. The fraction of sp³-hybridized carbons (Fsp3) is 0.556. The van der Waals surface area contributed by atoms with Gasteiger partial charge in [0.2, 0.25) is 0 Å². The standard InChI is InChI=1S/C9H11F2NO4/c1-5-8(9(13)14)12-7(16-5)2-3-15-4-6(10)11/h6H,2-4H2,1H3,(H,13,14). The lowest BCUT2D eigenvalue weighted by atomic mass is 10.4. The van der Waals surface area contributed by atoms with Crippen LogP contribution in [0.2, 0.25) is 0 Å². The van der Waals surface area contributed by atoms with E-state index in [2.05, 4.69) is 9.72 Å². The van der Waals surface area contributed by atoms with E-state index in [0.29, 0.717) is 0 Å². The second-order valence-corrected chi connectivity index (χ2v) is 3.03. The molecule has 0 atom stereocenters. The maximum absolute atomic E-state index is 11.7. The summed E-state index contributed by atoms with van der Waals surface area (Å²) in [5.41, 5.74) is -0.163. The first-order valence-electron chi connectivity index (χ1n) is 4.56. The van der Waals surface area contributed by atoms with Gasteiger partial charge < -0.3 is 14.3 Å². The van der Waals surface area contributed by atoms with Gasteiger partial charge in [0, 0.05) is 6.42 Å². The van der Waals surface area contributed by atoms with E-state index in [9.17, 15) is 13.6 Å². The summed E-state index contributed by atoms with van der Waals surface area (Å²) in [4.78, 5) is 14.3. The van der Waals surface area contributed by atoms with Crippen LogP contribution in [0.5, 0.6) is 0 Å². The fourth-order valence-corrected chi connectivity index (χ4v) is 1.09. The first kappa shape index (κ1) is 12.6. The average molecular weight is 235 g/mol. The zero-order chi connectivity index (χ0) is 12.1. The number of alkyl halides is 2. The number of hydrogen-bond donors (Lipinski definition) is 1. The number of aryl methyl sites for hydroxylation is 1. The zero-order valence-corrected chi connectivity index (χ0v) is 8.57. The Morgan fingerprint density at radius 3 is 2.81 bits per heavy atom. The molecule has 0 aromatic carbocycles. The summed E-state index contributed by atoms with van der Waals surface area (Å²) in [5, 5.41) is 8.67. The predicted molar refractivity (Wildman–Crippen MR) is 48.7 cm³/mol. The Hall–Kier alpha value is -1.50. The number of rotatable bonds is 6. The Morgan fingerprint density at radius 1 is 1.62 bits per heavy atom. The summed E-state index contributed by atoms with van der Waals surface area (Å²) >= 11 is 0. The quantitative estimate of drug-likeness (QED) is 0.756. The average Bonchev–Trinajstić information content (AvgIpc) is 2.54. The van der Waals surface area contributed by atoms with Crippen LogP contribution in [-0.4, -0.2) is 35.7 Å². The molecule has 0 aliphatic carbocycles. The largest absolute Gasteiger partial charge is 0.476 e. The summed E-state index contributed by atoms with van der Waals surface area (Å²) in [6.45, 7) is 0.842. The van der Waals surface area contributed by atoms with Gasteiger partial charge in [-0.3, -0.25) is 0 Å². The monoisotopic (exact) mass is 235 g/mol. The van der Waals surface area contributed by atoms with Crippen molar-refractivity contribution < 1.29 is 27.8 Å². The molecule has 0 saturated heterocycles. The van der Waals surface area contributed by atoms with E-state index in [1.165, 1.54) is 6.92 Å². The molecule has 0 amide bonds. The zero-order valence-electron chi connectivity index (χ0n) is 8.57. The summed E-state index contributed by atoms with van der Waals surface area (Å²) in [5.74, 6) is -0.818. The first-order valence-corrected chi connectivity index (χ1v) is 4.56. The number of halogens is 2. The van der Waals surface area contributed by atoms with Crippen LogP contribution in [0.15, 0.2) is 4.42 Å². The second-order valence-electron chi connectivity index (χ2n) is 3.03. The molecule has 0 spiro atoms. The number of ether oxygens (including phenoxy) is 1. The molecule has 0 bridgehead atoms. The molecule has 5 nitrogen and oxygen atoms in total. The lowest BCUT2D eigenvalue weighted by molar-refractivity contribution is 0.0173. The van der Waals surface area contributed by atoms with Gasteiger partial charge >= 0.3 is 5.97 Å². The molecule has 0 saturated carbocycles. The number of aromatic carboxylic acids is 1. The van der Waals surface area contributed by atoms with Crippen molar-refractivity contribution in [3.8, 4) is 0 Å². The smallest absolute Gasteiger partial charge is 0.358 e. The molecule has 16 heavy (non-hydrogen) atoms. The van der Waals surface area contributed by atoms with Crippen LogP contribution in [0, 0.1) is 6.92 Å². The Morgan fingerprint density at radius 2 is 2.31 bits per heavy atom. The van der Waals surface area contributed by atoms with Crippen LogP contribution in [0.1, 0.15) is 22.1 Å². The van der Waals surface area contributed by atoms with Gasteiger partial charge in [0.25, 0.3) is 6.43 Å². The molecule has 1 N–H and O–H groups in total. The molecular weight excluding hydrogens is 224 g/mol. The van der Waals surface area contributed by atoms with Gasteiger partial charge in [-0.15, -0.1) is 0 Å². The van der Waals surface area contributed by atoms with Crippen LogP contribution in [0.25, 0.3) is 0 Å². The number of carboxylic acids is 1. The molecule has 90 valence electrons. The van der Waals surface area contributed by atoms with E-state index in [1.807, 2.05) is 0 Å². The molecule has 0 aliphatic heterocycles. The van der Waals surface area contributed by atoms with Crippen LogP contribution in [-0.2, 0) is 11.2 Å². The molecule has 0 fully saturated rings. The van der Waals surface area contributed by atoms with Gasteiger partial charge in [-0.05, 0) is 6.92 Å². The van der Waals surface area contributed by atoms with Crippen LogP contribution in [0.3, 0.4) is 0 Å². The fourth-order valence-electron chi connectivity index (χ4n) is 1.09. The summed E-state index contributed by atoms with van der Waals surface area (Å²) < 4.78 is 33.0. The number of oxazole rings is 1. The highest BCUT2D eigenvalue weighted by molar-refractivity contribution is 5.86. The maximum atomic E-state index is 11.7. The number of carboxylic acid groups (broad SMARTS) is 1. The van der Waals surface area contributed by atoms with Gasteiger partial charge in [-0.1, -0.05) is 0 Å². The van der Waals surface area contributed by atoms with Crippen molar-refractivity contribution in [1.82, 2.24) is 4.98 Å². The van der Waals surface area contributed by atoms with Crippen LogP contribution >= 0.6 is 0 Å². The lowest BCUT2D eigenvalue weighted by Crippen LogP contribution is -2.07. The van der Waals surface area contributed by atoms with E-state index in [-0.39, 0.29) is 30.4 Å². The van der Waals surface area contributed by atoms with E-state index < -0.39 is 19.0 Å². The minimum Gasteiger partial charge on any atom is -0.476 e. The van der Waals surface area contributed by atoms with Crippen molar-refractivity contribution in [2.75, 3.05) is 13.2 Å². The highest BCUT2D eigenvalue weighted by Crippen LogP contribution is 2.10. The third kappa shape index (κ3) is 3.58. The van der Waals surface area contributed by atoms with Crippen molar-refractivity contribution in [3.63, 3.8) is 0 Å². The molecule has 1 rings (SSSR count). The van der Waals surface area contributed by atoms with E-state index in [4.69, 9.17) is 9.52 Å². The van der Waals surface area contributed by atoms with E-state index >= 15 is 0 Å². The number of nitrogens with zero attached hydrogens (tertiary/aromatic N) is 1. The van der Waals surface area contributed by atoms with Gasteiger partial charge in [0.15, 0.2) is 11.6 Å². The summed E-state index contributed by atoms with van der Waals surface area (Å²) in [7, 11) is 0. The van der Waals surface area contributed by atoms with Gasteiger partial charge in [0.1, 0.15) is 12.4 Å². The summed E-state index contributed by atoms with van der Waals surface area (Å²) in [6.07, 6.45) is -2.35. The molecule has 1 aromatic rings. The molecule has 7 heteroatoms. The molecule has 1 aromatic heterocycles. The van der Waals surface area contributed by atoms with Crippen molar-refractivity contribution in [2.24, 2.45) is 0 Å². The highest BCUT2D eigenvalue weighted by Gasteiger charge is 2.15. The molecular formula is C9H11F2NO4. The minimum atomic E-state index is -2.51. The Bertz CT molecular complexity index is 364. The molecule has 1 heterocycles. The Labute approximate surface area is 90.0 Å². The van der Waals surface area contributed by atoms with Crippen molar-refractivity contribution >= 4 is 5.97 Å². The van der Waals surface area contributed by atoms with Crippen molar-refractivity contribution in [3.05, 3.63) is 17.3 Å². The number of aromatic nitrogens is 1. The highest BCUT2D eigenvalue weighted by atomic mass is 19.3. The maximum Gasteiger partial charge on any atom is 0.358 e. The van der Waals surface area contributed by atoms with Gasteiger partial charge in [-0.25, -0.2) is 18.6 Å². The van der Waals surface area contributed by atoms with E-state index in [1.54, 1.807) is 0 Å². The molecule has 0 radical (unpaired) electrons. The Kier molecular flexibility index (Phi) is 4.36. The Balaban J connectivity index is 2.43. The van der Waals surface area contributed by atoms with Crippen LogP contribution in [0.4, 0.5) is 8.78 Å². The summed E-state index contributed by atoms with van der Waals surface area (Å²) in [6, 6.07) is 0. The van der Waals surface area contributed by atoms with Gasteiger partial charge in [0.05, 0.1) is 6.61 Å². The SMILES string of the molecule is Cc1oc(CCOCC(F)F)nc1C(=O)O. The predicted octanol–water partition coefficient (Wildman–Crippen LogP) is 1.51. The normalized spacial score (nSPS) is 11.0. The van der Waals surface area contributed by atoms with Gasteiger partial charge in [-0.2, -0.15) is 0 Å². The topological polar surface area (TPSA) is 72.6 Å². The first-order chi connectivity index (χ1) is 7.50. The number of carbonyl (C=O) groups is 1. The number of hydrogen-bond acceptors (Lipinski definition) is 4. The second kappa shape index (κ2) is 5.55. The van der Waals surface area contributed by atoms with Crippen molar-refractivity contribution in [1.29, 1.82) is 0 Å². The minimum absolute atomic E-state index is 0.0172. The molecule has 0 aliphatic rings. The third-order valence-electron chi connectivity index (χ3n) is 1.75. The van der Waals surface area contributed by atoms with Crippen molar-refractivity contribution in [2.45, 2.75) is 19.8 Å². The lowest BCUT2D eigenvalue weighted by Gasteiger charge is -2.00. The molecule has 0 unspecified atom stereocenters. The van der Waals surface area contributed by atoms with E-state index in [0.717, 1.165) is 0 Å².